The molecule has 1 aliphatic rings. The summed E-state index contributed by atoms with van der Waals surface area (Å²) < 4.78 is 7.30. The van der Waals surface area contributed by atoms with Crippen LogP contribution >= 0.6 is 24.0 Å². The van der Waals surface area contributed by atoms with Gasteiger partial charge in [-0.15, -0.1) is 24.0 Å². The first kappa shape index (κ1) is 19.7. The Balaban J connectivity index is 0.00000225. The predicted octanol–water partition coefficient (Wildman–Crippen LogP) is 2.53. The number of aliphatic imine (C=N–C) groups is 1. The molecule has 7 heteroatoms. The minimum atomic E-state index is 0. The van der Waals surface area contributed by atoms with Gasteiger partial charge in [-0.1, -0.05) is 12.1 Å². The number of benzene rings is 1. The molecule has 25 heavy (non-hydrogen) atoms. The summed E-state index contributed by atoms with van der Waals surface area (Å²) in [6.07, 6.45) is 4.86. The first-order valence-corrected chi connectivity index (χ1v) is 8.35. The van der Waals surface area contributed by atoms with Gasteiger partial charge in [0.15, 0.2) is 5.96 Å². The Hall–Kier alpha value is -1.61. The fraction of sp³-hybridized carbons (Fsp3) is 0.444. The van der Waals surface area contributed by atoms with Crippen molar-refractivity contribution >= 4 is 29.9 Å². The normalized spacial score (nSPS) is 17.2. The first-order valence-electron chi connectivity index (χ1n) is 8.35. The van der Waals surface area contributed by atoms with E-state index in [0.717, 1.165) is 44.4 Å². The number of halogens is 1. The number of hydrogen-bond donors (Lipinski definition) is 1. The van der Waals surface area contributed by atoms with Gasteiger partial charge in [0.25, 0.3) is 0 Å². The van der Waals surface area contributed by atoms with Crippen molar-refractivity contribution in [2.24, 2.45) is 10.9 Å². The van der Waals surface area contributed by atoms with Crippen LogP contribution in [-0.4, -0.2) is 54.5 Å². The summed E-state index contributed by atoms with van der Waals surface area (Å²) in [4.78, 5) is 6.56. The third kappa shape index (κ3) is 5.43. The molecule has 1 saturated heterocycles. The lowest BCUT2D eigenvalue weighted by Gasteiger charge is -2.24. The zero-order valence-electron chi connectivity index (χ0n) is 14.8. The lowest BCUT2D eigenvalue weighted by Crippen LogP contribution is -2.41. The molecular weight excluding hydrogens is 429 g/mol. The zero-order valence-corrected chi connectivity index (χ0v) is 17.1. The summed E-state index contributed by atoms with van der Waals surface area (Å²) in [5, 5.41) is 7.67. The third-order valence-corrected chi connectivity index (χ3v) is 4.29. The molecule has 1 atom stereocenters. The van der Waals surface area contributed by atoms with Gasteiger partial charge in [0, 0.05) is 52.1 Å². The van der Waals surface area contributed by atoms with Crippen LogP contribution < -0.4 is 5.32 Å². The average Bonchev–Trinajstić information content (AvgIpc) is 3.29. The van der Waals surface area contributed by atoms with Gasteiger partial charge in [-0.3, -0.25) is 4.99 Å². The Bertz CT molecular complexity index is 651. The minimum absolute atomic E-state index is 0. The largest absolute Gasteiger partial charge is 0.381 e. The number of nitrogens with one attached hydrogen (secondary N) is 1. The van der Waals surface area contributed by atoms with E-state index < -0.39 is 0 Å². The molecule has 0 aliphatic carbocycles. The lowest BCUT2D eigenvalue weighted by atomic mass is 10.1. The zero-order chi connectivity index (χ0) is 16.8. The molecular formula is C18H26IN5O. The molecule has 0 spiro atoms. The maximum atomic E-state index is 5.45. The van der Waals surface area contributed by atoms with Crippen molar-refractivity contribution in [3.8, 4) is 5.69 Å². The van der Waals surface area contributed by atoms with E-state index in [2.05, 4.69) is 51.6 Å². The van der Waals surface area contributed by atoms with Crippen LogP contribution in [0.3, 0.4) is 0 Å². The van der Waals surface area contributed by atoms with E-state index in [1.807, 2.05) is 24.0 Å². The van der Waals surface area contributed by atoms with Crippen molar-refractivity contribution in [1.29, 1.82) is 0 Å². The molecule has 1 fully saturated rings. The molecule has 3 rings (SSSR count). The number of rotatable bonds is 5. The molecule has 1 aromatic carbocycles. The van der Waals surface area contributed by atoms with Gasteiger partial charge in [0.1, 0.15) is 0 Å². The lowest BCUT2D eigenvalue weighted by molar-refractivity contribution is 0.181. The highest BCUT2D eigenvalue weighted by molar-refractivity contribution is 14.0. The van der Waals surface area contributed by atoms with Crippen molar-refractivity contribution < 1.29 is 4.74 Å². The van der Waals surface area contributed by atoms with Crippen LogP contribution in [-0.2, 0) is 11.3 Å². The number of hydrogen-bond acceptors (Lipinski definition) is 3. The first-order chi connectivity index (χ1) is 11.8. The maximum Gasteiger partial charge on any atom is 0.193 e. The van der Waals surface area contributed by atoms with Crippen LogP contribution in [0.1, 0.15) is 12.0 Å². The van der Waals surface area contributed by atoms with Gasteiger partial charge >= 0.3 is 0 Å². The summed E-state index contributed by atoms with van der Waals surface area (Å²) in [6, 6.07) is 10.3. The Morgan fingerprint density at radius 1 is 1.40 bits per heavy atom. The van der Waals surface area contributed by atoms with Crippen molar-refractivity contribution in [3.05, 3.63) is 48.3 Å². The van der Waals surface area contributed by atoms with Crippen LogP contribution in [0.15, 0.2) is 47.7 Å². The van der Waals surface area contributed by atoms with Crippen LogP contribution in [0.2, 0.25) is 0 Å². The molecule has 2 heterocycles. The Labute approximate surface area is 166 Å². The van der Waals surface area contributed by atoms with Gasteiger partial charge in [-0.2, -0.15) is 5.10 Å². The second kappa shape index (κ2) is 9.76. The van der Waals surface area contributed by atoms with E-state index in [4.69, 9.17) is 4.74 Å². The SMILES string of the molecule is CN=C(NCc1ccc(-n2cccn2)cc1)N(C)CC1CCOC1.I. The second-order valence-corrected chi connectivity index (χ2v) is 6.13. The number of nitrogens with zero attached hydrogens (tertiary/aromatic N) is 4. The van der Waals surface area contributed by atoms with Crippen LogP contribution in [0.5, 0.6) is 0 Å². The molecule has 0 bridgehead atoms. The number of aromatic nitrogens is 2. The van der Waals surface area contributed by atoms with E-state index in [0.29, 0.717) is 5.92 Å². The van der Waals surface area contributed by atoms with E-state index in [1.165, 1.54) is 5.56 Å². The van der Waals surface area contributed by atoms with E-state index in [9.17, 15) is 0 Å². The molecule has 1 unspecified atom stereocenters. The van der Waals surface area contributed by atoms with Crippen LogP contribution in [0.25, 0.3) is 5.69 Å². The Morgan fingerprint density at radius 2 is 2.20 bits per heavy atom. The van der Waals surface area contributed by atoms with Gasteiger partial charge in [0.2, 0.25) is 0 Å². The summed E-state index contributed by atoms with van der Waals surface area (Å²) in [5.41, 5.74) is 2.27. The van der Waals surface area contributed by atoms with E-state index in [1.54, 1.807) is 6.20 Å². The molecule has 0 radical (unpaired) electrons. The van der Waals surface area contributed by atoms with Gasteiger partial charge in [-0.05, 0) is 30.2 Å². The number of ether oxygens (including phenoxy) is 1. The smallest absolute Gasteiger partial charge is 0.193 e. The minimum Gasteiger partial charge on any atom is -0.381 e. The molecule has 1 aromatic heterocycles. The molecule has 1 N–H and O–H groups in total. The summed E-state index contributed by atoms with van der Waals surface area (Å²) in [7, 11) is 3.90. The Morgan fingerprint density at radius 3 is 2.80 bits per heavy atom. The molecule has 2 aromatic rings. The highest BCUT2D eigenvalue weighted by Crippen LogP contribution is 2.13. The van der Waals surface area contributed by atoms with Gasteiger partial charge in [0.05, 0.1) is 12.3 Å². The average molecular weight is 455 g/mol. The third-order valence-electron chi connectivity index (χ3n) is 4.29. The van der Waals surface area contributed by atoms with Crippen molar-refractivity contribution in [2.45, 2.75) is 13.0 Å². The fourth-order valence-corrected chi connectivity index (χ4v) is 2.96. The highest BCUT2D eigenvalue weighted by atomic mass is 127. The maximum absolute atomic E-state index is 5.45. The van der Waals surface area contributed by atoms with E-state index >= 15 is 0 Å². The molecule has 0 amide bonds. The predicted molar refractivity (Wildman–Crippen MR) is 111 cm³/mol. The second-order valence-electron chi connectivity index (χ2n) is 6.13. The molecule has 136 valence electrons. The highest BCUT2D eigenvalue weighted by Gasteiger charge is 2.18. The van der Waals surface area contributed by atoms with Crippen LogP contribution in [0.4, 0.5) is 0 Å². The fourth-order valence-electron chi connectivity index (χ4n) is 2.96. The summed E-state index contributed by atoms with van der Waals surface area (Å²) in [6.45, 7) is 3.46. The quantitative estimate of drug-likeness (QED) is 0.428. The van der Waals surface area contributed by atoms with Crippen molar-refractivity contribution in [3.63, 3.8) is 0 Å². The van der Waals surface area contributed by atoms with Crippen molar-refractivity contribution in [1.82, 2.24) is 20.0 Å². The molecule has 0 saturated carbocycles. The van der Waals surface area contributed by atoms with Crippen LogP contribution in [0, 0.1) is 5.92 Å². The van der Waals surface area contributed by atoms with Gasteiger partial charge < -0.3 is 15.0 Å². The summed E-state index contributed by atoms with van der Waals surface area (Å²) in [5.74, 6) is 1.51. The van der Waals surface area contributed by atoms with E-state index in [-0.39, 0.29) is 24.0 Å². The molecule has 1 aliphatic heterocycles. The standard InChI is InChI=1S/C18H25N5O.HI/c1-19-18(22(2)13-16-8-11-24-14-16)20-12-15-4-6-17(7-5-15)23-10-3-9-21-23;/h3-7,9-10,16H,8,11-14H2,1-2H3,(H,19,20);1H. The number of guanidine groups is 1. The van der Waals surface area contributed by atoms with Gasteiger partial charge in [-0.25, -0.2) is 4.68 Å². The Kier molecular flexibility index (Phi) is 7.70. The van der Waals surface area contributed by atoms with Crippen molar-refractivity contribution in [2.75, 3.05) is 33.9 Å². The monoisotopic (exact) mass is 455 g/mol. The molecule has 6 nitrogen and oxygen atoms in total. The topological polar surface area (TPSA) is 54.7 Å². The summed E-state index contributed by atoms with van der Waals surface area (Å²) >= 11 is 0.